The summed E-state index contributed by atoms with van der Waals surface area (Å²) in [7, 11) is 1.27. The molecule has 1 aromatic carbocycles. The smallest absolute Gasteiger partial charge is 0.313 e. The number of Topliss-reactive ketones (excluding diaryl/α,β-unsaturated/α-hetero) is 1. The van der Waals surface area contributed by atoms with Crippen molar-refractivity contribution in [3.63, 3.8) is 0 Å². The second-order valence-electron chi connectivity index (χ2n) is 4.68. The van der Waals surface area contributed by atoms with Crippen LogP contribution in [0.15, 0.2) is 30.3 Å². The first-order valence-electron chi connectivity index (χ1n) is 6.29. The Kier molecular flexibility index (Phi) is 6.22. The van der Waals surface area contributed by atoms with Crippen LogP contribution in [0.25, 0.3) is 0 Å². The molecule has 1 aromatic rings. The van der Waals surface area contributed by atoms with Crippen LogP contribution in [-0.2, 0) is 25.7 Å². The van der Waals surface area contributed by atoms with E-state index in [1.165, 1.54) is 7.11 Å². The predicted molar refractivity (Wildman–Crippen MR) is 71.5 cm³/mol. The molecular weight excluding hydrogens is 244 g/mol. The number of ether oxygens (including phenoxy) is 2. The molecule has 4 heteroatoms. The topological polar surface area (TPSA) is 52.6 Å². The Morgan fingerprint density at radius 3 is 2.32 bits per heavy atom. The van der Waals surface area contributed by atoms with E-state index in [0.29, 0.717) is 6.61 Å². The Bertz CT molecular complexity index is 411. The van der Waals surface area contributed by atoms with Crippen LogP contribution in [0, 0.1) is 5.92 Å². The number of hydrogen-bond donors (Lipinski definition) is 0. The second kappa shape index (κ2) is 7.69. The van der Waals surface area contributed by atoms with Crippen molar-refractivity contribution >= 4 is 11.8 Å². The third kappa shape index (κ3) is 5.22. The van der Waals surface area contributed by atoms with Gasteiger partial charge in [0.1, 0.15) is 12.5 Å². The minimum absolute atomic E-state index is 0.0147. The molecule has 0 amide bonds. The Labute approximate surface area is 113 Å². The van der Waals surface area contributed by atoms with Crippen molar-refractivity contribution in [1.29, 1.82) is 0 Å². The van der Waals surface area contributed by atoms with Crippen molar-refractivity contribution in [3.8, 4) is 0 Å². The molecule has 0 N–H and O–H groups in total. The minimum Gasteiger partial charge on any atom is -0.469 e. The van der Waals surface area contributed by atoms with Gasteiger partial charge in [0.2, 0.25) is 0 Å². The van der Waals surface area contributed by atoms with E-state index in [0.717, 1.165) is 5.56 Å². The normalized spacial score (nSPS) is 12.2. The summed E-state index contributed by atoms with van der Waals surface area (Å²) in [5, 5.41) is 0. The Morgan fingerprint density at radius 1 is 1.16 bits per heavy atom. The summed E-state index contributed by atoms with van der Waals surface area (Å²) in [4.78, 5) is 23.1. The van der Waals surface area contributed by atoms with Crippen LogP contribution < -0.4 is 0 Å². The van der Waals surface area contributed by atoms with Crippen LogP contribution in [0.1, 0.15) is 25.8 Å². The number of esters is 1. The van der Waals surface area contributed by atoms with Crippen molar-refractivity contribution in [2.45, 2.75) is 33.0 Å². The van der Waals surface area contributed by atoms with E-state index in [-0.39, 0.29) is 18.1 Å². The lowest BCUT2D eigenvalue weighted by Crippen LogP contribution is -2.31. The molecule has 1 rings (SSSR count). The lowest BCUT2D eigenvalue weighted by Gasteiger charge is -2.20. The molecule has 0 aromatic heterocycles. The van der Waals surface area contributed by atoms with Gasteiger partial charge in [0.15, 0.2) is 5.78 Å². The fourth-order valence-electron chi connectivity index (χ4n) is 1.73. The van der Waals surface area contributed by atoms with Gasteiger partial charge in [-0.3, -0.25) is 9.59 Å². The lowest BCUT2D eigenvalue weighted by molar-refractivity contribution is -0.147. The summed E-state index contributed by atoms with van der Waals surface area (Å²) in [6, 6.07) is 9.62. The maximum absolute atomic E-state index is 11.9. The van der Waals surface area contributed by atoms with Gasteiger partial charge in [0.25, 0.3) is 0 Å². The number of carbonyl (C=O) groups excluding carboxylic acids is 2. The fraction of sp³-hybridized carbons (Fsp3) is 0.467. The van der Waals surface area contributed by atoms with Gasteiger partial charge in [-0.15, -0.1) is 0 Å². The maximum atomic E-state index is 11.9. The summed E-state index contributed by atoms with van der Waals surface area (Å²) in [5.74, 6) is -0.752. The first-order chi connectivity index (χ1) is 9.04. The van der Waals surface area contributed by atoms with E-state index in [4.69, 9.17) is 4.74 Å². The summed E-state index contributed by atoms with van der Waals surface area (Å²) in [5.41, 5.74) is 0.999. The molecule has 0 heterocycles. The first-order valence-corrected chi connectivity index (χ1v) is 6.29. The highest BCUT2D eigenvalue weighted by Gasteiger charge is 2.25. The van der Waals surface area contributed by atoms with Gasteiger partial charge in [-0.2, -0.15) is 0 Å². The van der Waals surface area contributed by atoms with Gasteiger partial charge >= 0.3 is 5.97 Å². The van der Waals surface area contributed by atoms with Gasteiger partial charge < -0.3 is 9.47 Å². The second-order valence-corrected chi connectivity index (χ2v) is 4.68. The first kappa shape index (κ1) is 15.4. The van der Waals surface area contributed by atoms with Crippen molar-refractivity contribution < 1.29 is 19.1 Å². The van der Waals surface area contributed by atoms with Crippen LogP contribution in [0.4, 0.5) is 0 Å². The minimum atomic E-state index is -0.584. The molecule has 4 nitrogen and oxygen atoms in total. The zero-order chi connectivity index (χ0) is 14.3. The van der Waals surface area contributed by atoms with Crippen molar-refractivity contribution in [2.24, 2.45) is 5.92 Å². The molecule has 104 valence electrons. The molecule has 0 spiro atoms. The summed E-state index contributed by atoms with van der Waals surface area (Å²) in [6.45, 7) is 4.15. The molecule has 0 saturated heterocycles. The monoisotopic (exact) mass is 264 g/mol. The number of hydrogen-bond acceptors (Lipinski definition) is 4. The number of carbonyl (C=O) groups is 2. The van der Waals surface area contributed by atoms with Gasteiger partial charge in [0.05, 0.1) is 13.7 Å². The largest absolute Gasteiger partial charge is 0.469 e. The average molecular weight is 264 g/mol. The van der Waals surface area contributed by atoms with Gasteiger partial charge in [-0.05, 0) is 11.5 Å². The van der Waals surface area contributed by atoms with E-state index < -0.39 is 12.1 Å². The SMILES string of the molecule is COC(=O)CC(=O)C(OCc1ccccc1)C(C)C. The Morgan fingerprint density at radius 2 is 1.79 bits per heavy atom. The maximum Gasteiger partial charge on any atom is 0.313 e. The average Bonchev–Trinajstić information content (AvgIpc) is 2.39. The van der Waals surface area contributed by atoms with Crippen molar-refractivity contribution in [2.75, 3.05) is 7.11 Å². The van der Waals surface area contributed by atoms with E-state index in [2.05, 4.69) is 4.74 Å². The standard InChI is InChI=1S/C15H20O4/c1-11(2)15(13(16)9-14(17)18-3)19-10-12-7-5-4-6-8-12/h4-8,11,15H,9-10H2,1-3H3. The molecule has 0 saturated carbocycles. The summed E-state index contributed by atoms with van der Waals surface area (Å²) in [6.07, 6.45) is -0.826. The van der Waals surface area contributed by atoms with Crippen molar-refractivity contribution in [3.05, 3.63) is 35.9 Å². The highest BCUT2D eigenvalue weighted by atomic mass is 16.5. The van der Waals surface area contributed by atoms with Crippen LogP contribution in [0.5, 0.6) is 0 Å². The predicted octanol–water partition coefficient (Wildman–Crippen LogP) is 2.36. The van der Waals surface area contributed by atoms with E-state index in [9.17, 15) is 9.59 Å². The van der Waals surface area contributed by atoms with Crippen LogP contribution in [0.2, 0.25) is 0 Å². The lowest BCUT2D eigenvalue weighted by atomic mass is 10.0. The zero-order valence-electron chi connectivity index (χ0n) is 11.6. The van der Waals surface area contributed by atoms with Gasteiger partial charge in [-0.1, -0.05) is 44.2 Å². The number of ketones is 1. The highest BCUT2D eigenvalue weighted by molar-refractivity contribution is 5.98. The number of benzene rings is 1. The number of rotatable bonds is 7. The molecule has 1 unspecified atom stereocenters. The molecule has 0 aliphatic rings. The number of methoxy groups -OCH3 is 1. The van der Waals surface area contributed by atoms with E-state index in [1.54, 1.807) is 0 Å². The zero-order valence-corrected chi connectivity index (χ0v) is 11.6. The molecule has 0 aliphatic carbocycles. The molecule has 1 atom stereocenters. The summed E-state index contributed by atoms with van der Waals surface area (Å²) >= 11 is 0. The van der Waals surface area contributed by atoms with Crippen LogP contribution in [0.3, 0.4) is 0 Å². The molecular formula is C15H20O4. The highest BCUT2D eigenvalue weighted by Crippen LogP contribution is 2.13. The van der Waals surface area contributed by atoms with Gasteiger partial charge in [-0.25, -0.2) is 0 Å². The molecule has 0 bridgehead atoms. The van der Waals surface area contributed by atoms with Crippen molar-refractivity contribution in [1.82, 2.24) is 0 Å². The summed E-state index contributed by atoms with van der Waals surface area (Å²) < 4.78 is 10.1. The molecule has 0 radical (unpaired) electrons. The third-order valence-corrected chi connectivity index (χ3v) is 2.74. The third-order valence-electron chi connectivity index (χ3n) is 2.74. The van der Waals surface area contributed by atoms with E-state index >= 15 is 0 Å². The van der Waals surface area contributed by atoms with Crippen LogP contribution >= 0.6 is 0 Å². The Hall–Kier alpha value is -1.68. The molecule has 19 heavy (non-hydrogen) atoms. The quantitative estimate of drug-likeness (QED) is 0.560. The molecule has 0 fully saturated rings. The Balaban J connectivity index is 2.58. The van der Waals surface area contributed by atoms with Gasteiger partial charge in [0, 0.05) is 0 Å². The van der Waals surface area contributed by atoms with Crippen LogP contribution in [-0.4, -0.2) is 25.0 Å². The van der Waals surface area contributed by atoms with E-state index in [1.807, 2.05) is 44.2 Å². The molecule has 0 aliphatic heterocycles. The fourth-order valence-corrected chi connectivity index (χ4v) is 1.73.